The fraction of sp³-hybridized carbons (Fsp3) is 0.379. The Morgan fingerprint density at radius 2 is 1.41 bits per heavy atom. The van der Waals surface area contributed by atoms with Gasteiger partial charge in [-0.25, -0.2) is 0 Å². The smallest absolute Gasteiger partial charge is 0.145 e. The largest absolute Gasteiger partial charge is 0.455 e. The number of nitrogens with one attached hydrogen (secondary N) is 1. The molecule has 0 atom stereocenters. The van der Waals surface area contributed by atoms with Crippen LogP contribution >= 0.6 is 11.6 Å². The lowest BCUT2D eigenvalue weighted by Crippen LogP contribution is -2.16. The van der Waals surface area contributed by atoms with E-state index in [1.54, 1.807) is 0 Å². The van der Waals surface area contributed by atoms with Gasteiger partial charge in [0.1, 0.15) is 11.2 Å². The van der Waals surface area contributed by atoms with Gasteiger partial charge in [-0.05, 0) is 46.7 Å². The van der Waals surface area contributed by atoms with Crippen LogP contribution in [0, 0.1) is 0 Å². The van der Waals surface area contributed by atoms with Gasteiger partial charge in [0.2, 0.25) is 0 Å². The number of furan rings is 1. The molecule has 3 aromatic carbocycles. The molecule has 5 aromatic rings. The Morgan fingerprint density at radius 1 is 0.750 bits per heavy atom. The second kappa shape index (κ2) is 7.85. The molecule has 168 valence electrons. The highest BCUT2D eigenvalue weighted by atomic mass is 35.5. The number of fused-ring (bicyclic) bond motifs is 7. The predicted octanol–water partition coefficient (Wildman–Crippen LogP) is 9.89. The first-order valence-electron chi connectivity index (χ1n) is 11.6. The van der Waals surface area contributed by atoms with Crippen molar-refractivity contribution in [2.45, 2.75) is 72.6 Å². The summed E-state index contributed by atoms with van der Waals surface area (Å²) in [5.74, 6) is 0. The first-order valence-corrected chi connectivity index (χ1v) is 11.9. The maximum absolute atomic E-state index is 6.63. The second-order valence-electron chi connectivity index (χ2n) is 10.9. The second-order valence-corrected chi connectivity index (χ2v) is 11.3. The minimum atomic E-state index is -0.0136. The summed E-state index contributed by atoms with van der Waals surface area (Å²) >= 11 is 6.22. The zero-order chi connectivity index (χ0) is 23.4. The molecule has 0 aliphatic rings. The summed E-state index contributed by atoms with van der Waals surface area (Å²) in [5, 5.41) is 5.36. The van der Waals surface area contributed by atoms with Crippen molar-refractivity contribution in [3.05, 3.63) is 58.6 Å². The number of H-pyrrole nitrogens is 1. The highest BCUT2D eigenvalue weighted by molar-refractivity contribution is 6.32. The lowest BCUT2D eigenvalue weighted by atomic mass is 9.79. The summed E-state index contributed by atoms with van der Waals surface area (Å²) in [5.41, 5.74) is 6.70. The molecule has 2 aromatic heterocycles. The third kappa shape index (κ3) is 3.79. The van der Waals surface area contributed by atoms with Crippen molar-refractivity contribution < 1.29 is 4.42 Å². The van der Waals surface area contributed by atoms with Gasteiger partial charge in [-0.2, -0.15) is 0 Å². The molecule has 1 N–H and O–H groups in total. The van der Waals surface area contributed by atoms with Crippen LogP contribution in [0.1, 0.15) is 72.9 Å². The van der Waals surface area contributed by atoms with E-state index in [1.807, 2.05) is 12.1 Å². The Balaban J connectivity index is 0.000000775. The summed E-state index contributed by atoms with van der Waals surface area (Å²) in [4.78, 5) is 3.49. The van der Waals surface area contributed by atoms with E-state index in [1.165, 1.54) is 28.3 Å². The zero-order valence-electron chi connectivity index (χ0n) is 20.5. The van der Waals surface area contributed by atoms with Crippen LogP contribution < -0.4 is 0 Å². The molecule has 0 saturated heterocycles. The van der Waals surface area contributed by atoms with Crippen molar-refractivity contribution in [3.8, 4) is 0 Å². The van der Waals surface area contributed by atoms with Crippen LogP contribution in [0.25, 0.3) is 43.7 Å². The average Bonchev–Trinajstić information content (AvgIpc) is 3.23. The quantitative estimate of drug-likeness (QED) is 0.251. The van der Waals surface area contributed by atoms with Crippen LogP contribution in [0.5, 0.6) is 0 Å². The molecule has 0 aliphatic carbocycles. The summed E-state index contributed by atoms with van der Waals surface area (Å²) in [6, 6.07) is 15.0. The molecular formula is C29H34ClNO. The van der Waals surface area contributed by atoms with E-state index in [-0.39, 0.29) is 10.8 Å². The number of hydrogen-bond donors (Lipinski definition) is 1. The third-order valence-electron chi connectivity index (χ3n) is 5.94. The van der Waals surface area contributed by atoms with E-state index in [0.29, 0.717) is 0 Å². The summed E-state index contributed by atoms with van der Waals surface area (Å²) in [6.45, 7) is 17.8. The van der Waals surface area contributed by atoms with E-state index >= 15 is 0 Å². The summed E-state index contributed by atoms with van der Waals surface area (Å²) in [6.07, 6.45) is 1.25. The zero-order valence-corrected chi connectivity index (χ0v) is 21.3. The van der Waals surface area contributed by atoms with Crippen LogP contribution in [0.2, 0.25) is 5.02 Å². The van der Waals surface area contributed by atoms with Crippen molar-refractivity contribution >= 4 is 55.3 Å². The maximum Gasteiger partial charge on any atom is 0.145 e. The highest BCUT2D eigenvalue weighted by Gasteiger charge is 2.26. The number of hydrogen-bond acceptors (Lipinski definition) is 1. The van der Waals surface area contributed by atoms with Crippen LogP contribution in [-0.2, 0) is 10.8 Å². The van der Waals surface area contributed by atoms with Gasteiger partial charge in [-0.15, -0.1) is 0 Å². The van der Waals surface area contributed by atoms with Gasteiger partial charge in [0, 0.05) is 32.3 Å². The molecule has 0 aliphatic heterocycles. The normalized spacial score (nSPS) is 12.7. The Kier molecular flexibility index (Phi) is 5.57. The van der Waals surface area contributed by atoms with Crippen molar-refractivity contribution in [2.24, 2.45) is 0 Å². The Bertz CT molecular complexity index is 1440. The lowest BCUT2D eigenvalue weighted by molar-refractivity contribution is 0.559. The molecule has 32 heavy (non-hydrogen) atoms. The molecule has 0 fully saturated rings. The standard InChI is InChI=1S/C26H26ClNO.C3H8/c1-25(2,3)14-11-18-16-9-10-20-22(17-8-7-15(27)13-21(17)28-20)24(16)29-23(18)19(12-14)26(4,5)6;1-3-2/h7-13,28H,1-6H3;3H2,1-2H3. The van der Waals surface area contributed by atoms with Crippen molar-refractivity contribution in [3.63, 3.8) is 0 Å². The number of rotatable bonds is 0. The number of benzene rings is 3. The number of aromatic nitrogens is 1. The molecule has 0 amide bonds. The molecular weight excluding hydrogens is 414 g/mol. The maximum atomic E-state index is 6.63. The molecule has 2 nitrogen and oxygen atoms in total. The topological polar surface area (TPSA) is 28.9 Å². The Hall–Kier alpha value is -2.45. The van der Waals surface area contributed by atoms with Gasteiger partial charge in [-0.1, -0.05) is 85.5 Å². The van der Waals surface area contributed by atoms with Crippen molar-refractivity contribution in [1.82, 2.24) is 4.98 Å². The van der Waals surface area contributed by atoms with Crippen LogP contribution in [0.15, 0.2) is 46.9 Å². The van der Waals surface area contributed by atoms with Crippen molar-refractivity contribution in [1.29, 1.82) is 0 Å². The van der Waals surface area contributed by atoms with Gasteiger partial charge < -0.3 is 9.40 Å². The first kappa shape index (κ1) is 22.7. The SMILES string of the molecule is CC(C)(C)c1cc(C(C)(C)C)c2oc3c(ccc4[nH]c5cc(Cl)ccc5c43)c2c1.CCC. The minimum Gasteiger partial charge on any atom is -0.455 e. The predicted molar refractivity (Wildman–Crippen MR) is 141 cm³/mol. The summed E-state index contributed by atoms with van der Waals surface area (Å²) < 4.78 is 6.63. The molecule has 0 saturated carbocycles. The number of aromatic amines is 1. The van der Waals surface area contributed by atoms with Crippen LogP contribution in [-0.4, -0.2) is 4.98 Å². The molecule has 0 unspecified atom stereocenters. The van der Waals surface area contributed by atoms with E-state index in [2.05, 4.69) is 90.7 Å². The average molecular weight is 448 g/mol. The van der Waals surface area contributed by atoms with E-state index in [0.717, 1.165) is 38.0 Å². The van der Waals surface area contributed by atoms with Crippen molar-refractivity contribution in [2.75, 3.05) is 0 Å². The van der Waals surface area contributed by atoms with E-state index in [4.69, 9.17) is 16.0 Å². The molecule has 3 heteroatoms. The van der Waals surface area contributed by atoms with Gasteiger partial charge in [0.05, 0.1) is 10.9 Å². The first-order chi connectivity index (χ1) is 15.0. The van der Waals surface area contributed by atoms with Gasteiger partial charge in [0.15, 0.2) is 0 Å². The van der Waals surface area contributed by atoms with Gasteiger partial charge in [0.25, 0.3) is 0 Å². The molecule has 0 bridgehead atoms. The highest BCUT2D eigenvalue weighted by Crippen LogP contribution is 2.43. The molecule has 0 radical (unpaired) electrons. The Labute approximate surface area is 195 Å². The van der Waals surface area contributed by atoms with E-state index < -0.39 is 0 Å². The monoisotopic (exact) mass is 447 g/mol. The van der Waals surface area contributed by atoms with Gasteiger partial charge in [-0.3, -0.25) is 0 Å². The Morgan fingerprint density at radius 3 is 2.03 bits per heavy atom. The third-order valence-corrected chi connectivity index (χ3v) is 6.17. The fourth-order valence-corrected chi connectivity index (χ4v) is 4.46. The van der Waals surface area contributed by atoms with Crippen LogP contribution in [0.3, 0.4) is 0 Å². The van der Waals surface area contributed by atoms with Crippen LogP contribution in [0.4, 0.5) is 0 Å². The number of halogens is 1. The lowest BCUT2D eigenvalue weighted by Gasteiger charge is -2.25. The summed E-state index contributed by atoms with van der Waals surface area (Å²) in [7, 11) is 0. The minimum absolute atomic E-state index is 0.0136. The molecule has 2 heterocycles. The molecule has 5 rings (SSSR count). The fourth-order valence-electron chi connectivity index (χ4n) is 4.29. The molecule has 0 spiro atoms. The van der Waals surface area contributed by atoms with Gasteiger partial charge >= 0.3 is 0 Å². The van der Waals surface area contributed by atoms with E-state index in [9.17, 15) is 0 Å².